The zero-order valence-corrected chi connectivity index (χ0v) is 10.0. The molecule has 3 rings (SSSR count). The molecular weight excluding hydrogens is 214 g/mol. The molecule has 4 nitrogen and oxygen atoms in total. The van der Waals surface area contributed by atoms with Crippen molar-refractivity contribution in [3.8, 4) is 0 Å². The predicted octanol–water partition coefficient (Wildman–Crippen LogP) is 1.03. The van der Waals surface area contributed by atoms with Crippen LogP contribution in [0.3, 0.4) is 0 Å². The molecule has 2 atom stereocenters. The maximum absolute atomic E-state index is 11.7. The van der Waals surface area contributed by atoms with E-state index in [4.69, 9.17) is 0 Å². The van der Waals surface area contributed by atoms with Gasteiger partial charge in [-0.05, 0) is 25.0 Å². The summed E-state index contributed by atoms with van der Waals surface area (Å²) in [5.74, 6) is 0.301. The monoisotopic (exact) mass is 231 g/mol. The smallest absolute Gasteiger partial charge is 0.223 e. The minimum atomic E-state index is 0.205. The maximum Gasteiger partial charge on any atom is 0.223 e. The molecule has 2 fully saturated rings. The van der Waals surface area contributed by atoms with Gasteiger partial charge in [-0.25, -0.2) is 0 Å². The van der Waals surface area contributed by atoms with Crippen LogP contribution in [-0.2, 0) is 4.79 Å². The van der Waals surface area contributed by atoms with Gasteiger partial charge in [-0.3, -0.25) is 9.78 Å². The van der Waals surface area contributed by atoms with Crippen LogP contribution in [0.5, 0.6) is 0 Å². The predicted molar refractivity (Wildman–Crippen MR) is 64.5 cm³/mol. The SMILES string of the molecule is Cc1cccnc1[C@H]1NCCN2C(=O)CC[C@@H]12. The summed E-state index contributed by atoms with van der Waals surface area (Å²) in [6.45, 7) is 3.79. The van der Waals surface area contributed by atoms with E-state index in [0.717, 1.165) is 25.2 Å². The highest BCUT2D eigenvalue weighted by Gasteiger charge is 2.40. The fourth-order valence-electron chi connectivity index (χ4n) is 2.97. The number of piperazine rings is 1. The summed E-state index contributed by atoms with van der Waals surface area (Å²) in [7, 11) is 0. The molecule has 0 spiro atoms. The Kier molecular flexibility index (Phi) is 2.59. The first-order chi connectivity index (χ1) is 8.27. The van der Waals surface area contributed by atoms with Crippen LogP contribution in [0, 0.1) is 6.92 Å². The van der Waals surface area contributed by atoms with Crippen LogP contribution >= 0.6 is 0 Å². The summed E-state index contributed by atoms with van der Waals surface area (Å²) >= 11 is 0. The number of hydrogen-bond acceptors (Lipinski definition) is 3. The average molecular weight is 231 g/mol. The lowest BCUT2D eigenvalue weighted by molar-refractivity contribution is -0.130. The minimum Gasteiger partial charge on any atom is -0.336 e. The molecular formula is C13H17N3O. The lowest BCUT2D eigenvalue weighted by Crippen LogP contribution is -2.51. The highest BCUT2D eigenvalue weighted by atomic mass is 16.2. The Hall–Kier alpha value is -1.42. The van der Waals surface area contributed by atoms with Crippen molar-refractivity contribution in [1.82, 2.24) is 15.2 Å². The van der Waals surface area contributed by atoms with E-state index in [1.54, 1.807) is 0 Å². The van der Waals surface area contributed by atoms with E-state index < -0.39 is 0 Å². The van der Waals surface area contributed by atoms with E-state index in [1.807, 2.05) is 17.2 Å². The number of fused-ring (bicyclic) bond motifs is 1. The number of carbonyl (C=O) groups is 1. The number of rotatable bonds is 1. The summed E-state index contributed by atoms with van der Waals surface area (Å²) in [6.07, 6.45) is 3.47. The Morgan fingerprint density at radius 1 is 1.53 bits per heavy atom. The Morgan fingerprint density at radius 3 is 3.24 bits per heavy atom. The molecule has 1 aromatic rings. The standard InChI is InChI=1S/C13H17N3O/c1-9-3-2-6-14-12(9)13-10-4-5-11(17)16(10)8-7-15-13/h2-3,6,10,13,15H,4-5,7-8H2,1H3/t10-,13-/m0/s1. The van der Waals surface area contributed by atoms with Gasteiger partial charge in [-0.1, -0.05) is 6.07 Å². The van der Waals surface area contributed by atoms with Gasteiger partial charge in [0.05, 0.1) is 17.8 Å². The fraction of sp³-hybridized carbons (Fsp3) is 0.538. The third-order valence-electron chi connectivity index (χ3n) is 3.82. The van der Waals surface area contributed by atoms with Crippen LogP contribution in [0.2, 0.25) is 0 Å². The van der Waals surface area contributed by atoms with Crippen LogP contribution < -0.4 is 5.32 Å². The molecule has 4 heteroatoms. The van der Waals surface area contributed by atoms with Crippen molar-refractivity contribution >= 4 is 5.91 Å². The Labute approximate surface area is 101 Å². The topological polar surface area (TPSA) is 45.2 Å². The van der Waals surface area contributed by atoms with Crippen molar-refractivity contribution in [2.75, 3.05) is 13.1 Å². The molecule has 0 aromatic carbocycles. The van der Waals surface area contributed by atoms with Crippen molar-refractivity contribution in [2.24, 2.45) is 0 Å². The number of aromatic nitrogens is 1. The molecule has 0 radical (unpaired) electrons. The fourth-order valence-corrected chi connectivity index (χ4v) is 2.97. The second-order valence-corrected chi connectivity index (χ2v) is 4.83. The first kappa shape index (κ1) is 10.7. The highest BCUT2D eigenvalue weighted by Crippen LogP contribution is 2.32. The lowest BCUT2D eigenvalue weighted by atomic mass is 9.97. The number of carbonyl (C=O) groups excluding carboxylic acids is 1. The van der Waals surface area contributed by atoms with Gasteiger partial charge in [0.25, 0.3) is 0 Å². The van der Waals surface area contributed by atoms with Gasteiger partial charge in [-0.2, -0.15) is 0 Å². The van der Waals surface area contributed by atoms with Crippen molar-refractivity contribution in [1.29, 1.82) is 0 Å². The zero-order valence-electron chi connectivity index (χ0n) is 10.0. The van der Waals surface area contributed by atoms with Crippen LogP contribution in [0.1, 0.15) is 30.1 Å². The van der Waals surface area contributed by atoms with Crippen LogP contribution in [0.15, 0.2) is 18.3 Å². The quantitative estimate of drug-likeness (QED) is 0.785. The second kappa shape index (κ2) is 4.11. The van der Waals surface area contributed by atoms with Gasteiger partial charge in [0, 0.05) is 25.7 Å². The Bertz CT molecular complexity index is 446. The van der Waals surface area contributed by atoms with Gasteiger partial charge in [-0.15, -0.1) is 0 Å². The molecule has 1 N–H and O–H groups in total. The molecule has 2 aliphatic heterocycles. The van der Waals surface area contributed by atoms with Crippen molar-refractivity contribution in [3.63, 3.8) is 0 Å². The number of amides is 1. The van der Waals surface area contributed by atoms with E-state index >= 15 is 0 Å². The van der Waals surface area contributed by atoms with Crippen molar-refractivity contribution < 1.29 is 4.79 Å². The number of hydrogen-bond donors (Lipinski definition) is 1. The van der Waals surface area contributed by atoms with Crippen LogP contribution in [0.4, 0.5) is 0 Å². The normalized spacial score (nSPS) is 28.3. The second-order valence-electron chi connectivity index (χ2n) is 4.83. The molecule has 0 unspecified atom stereocenters. The lowest BCUT2D eigenvalue weighted by Gasteiger charge is -2.37. The Morgan fingerprint density at radius 2 is 2.41 bits per heavy atom. The molecule has 2 saturated heterocycles. The molecule has 0 aliphatic carbocycles. The van der Waals surface area contributed by atoms with Gasteiger partial charge in [0.1, 0.15) is 0 Å². The van der Waals surface area contributed by atoms with E-state index in [2.05, 4.69) is 23.3 Å². The summed E-state index contributed by atoms with van der Waals surface area (Å²) in [5, 5.41) is 3.51. The Balaban J connectivity index is 1.93. The molecule has 3 heterocycles. The number of nitrogens with one attached hydrogen (secondary N) is 1. The highest BCUT2D eigenvalue weighted by molar-refractivity contribution is 5.79. The van der Waals surface area contributed by atoms with Gasteiger partial charge in [0.2, 0.25) is 5.91 Å². The van der Waals surface area contributed by atoms with Crippen LogP contribution in [-0.4, -0.2) is 34.9 Å². The number of aryl methyl sites for hydroxylation is 1. The van der Waals surface area contributed by atoms with E-state index in [-0.39, 0.29) is 6.04 Å². The number of pyridine rings is 1. The summed E-state index contributed by atoms with van der Waals surface area (Å²) < 4.78 is 0. The molecule has 17 heavy (non-hydrogen) atoms. The first-order valence-electron chi connectivity index (χ1n) is 6.22. The van der Waals surface area contributed by atoms with E-state index in [1.165, 1.54) is 5.56 Å². The molecule has 0 saturated carbocycles. The molecule has 0 bridgehead atoms. The average Bonchev–Trinajstić information content (AvgIpc) is 2.72. The third-order valence-corrected chi connectivity index (χ3v) is 3.82. The van der Waals surface area contributed by atoms with E-state index in [9.17, 15) is 4.79 Å². The third kappa shape index (κ3) is 1.72. The summed E-state index contributed by atoms with van der Waals surface area (Å²) in [6, 6.07) is 4.54. The largest absolute Gasteiger partial charge is 0.336 e. The van der Waals surface area contributed by atoms with E-state index in [0.29, 0.717) is 18.4 Å². The minimum absolute atomic E-state index is 0.205. The van der Waals surface area contributed by atoms with Gasteiger partial charge >= 0.3 is 0 Å². The molecule has 1 amide bonds. The van der Waals surface area contributed by atoms with Crippen molar-refractivity contribution in [3.05, 3.63) is 29.6 Å². The molecule has 1 aromatic heterocycles. The molecule has 90 valence electrons. The van der Waals surface area contributed by atoms with Gasteiger partial charge < -0.3 is 10.2 Å². The van der Waals surface area contributed by atoms with Crippen molar-refractivity contribution in [2.45, 2.75) is 31.8 Å². The zero-order chi connectivity index (χ0) is 11.8. The summed E-state index contributed by atoms with van der Waals surface area (Å²) in [5.41, 5.74) is 2.29. The van der Waals surface area contributed by atoms with Crippen LogP contribution in [0.25, 0.3) is 0 Å². The summed E-state index contributed by atoms with van der Waals surface area (Å²) in [4.78, 5) is 18.3. The molecule has 2 aliphatic rings. The van der Waals surface area contributed by atoms with Gasteiger partial charge in [0.15, 0.2) is 0 Å². The maximum atomic E-state index is 11.7. The first-order valence-corrected chi connectivity index (χ1v) is 6.22. The number of nitrogens with zero attached hydrogens (tertiary/aromatic N) is 2.